The van der Waals surface area contributed by atoms with E-state index in [0.29, 0.717) is 0 Å². The first-order chi connectivity index (χ1) is 8.06. The Kier molecular flexibility index (Phi) is 3.49. The van der Waals surface area contributed by atoms with E-state index in [1.165, 1.54) is 12.3 Å². The largest absolute Gasteiger partial charge is 0.503 e. The minimum atomic E-state index is -0.299. The Morgan fingerprint density at radius 1 is 1.24 bits per heavy atom. The number of piperazine rings is 1. The van der Waals surface area contributed by atoms with Gasteiger partial charge in [0.1, 0.15) is 0 Å². The van der Waals surface area contributed by atoms with Crippen LogP contribution < -0.4 is 5.43 Å². The SMILES string of the molecule is CN1CCN(Cc2cc(=O)c(O)cn2C)CC1. The molecule has 1 aromatic rings. The summed E-state index contributed by atoms with van der Waals surface area (Å²) >= 11 is 0. The van der Waals surface area contributed by atoms with E-state index in [2.05, 4.69) is 16.8 Å². The molecule has 0 unspecified atom stereocenters. The Balaban J connectivity index is 2.08. The van der Waals surface area contributed by atoms with Gasteiger partial charge >= 0.3 is 0 Å². The fourth-order valence-corrected chi connectivity index (χ4v) is 2.05. The molecule has 2 heterocycles. The standard InChI is InChI=1S/C12H19N3O2/c1-13-3-5-15(6-4-13)8-10-7-11(16)12(17)9-14(10)2/h7,9,17H,3-6,8H2,1-2H3. The molecule has 0 atom stereocenters. The molecule has 5 nitrogen and oxygen atoms in total. The molecule has 1 aliphatic rings. The minimum Gasteiger partial charge on any atom is -0.503 e. The van der Waals surface area contributed by atoms with Crippen molar-refractivity contribution in [2.45, 2.75) is 6.54 Å². The molecule has 5 heteroatoms. The van der Waals surface area contributed by atoms with Crippen LogP contribution in [0, 0.1) is 0 Å². The molecule has 17 heavy (non-hydrogen) atoms. The summed E-state index contributed by atoms with van der Waals surface area (Å²) in [6.07, 6.45) is 1.48. The van der Waals surface area contributed by atoms with Crippen molar-refractivity contribution in [3.8, 4) is 5.75 Å². The van der Waals surface area contributed by atoms with Crippen molar-refractivity contribution in [2.24, 2.45) is 7.05 Å². The third-order valence-electron chi connectivity index (χ3n) is 3.30. The zero-order valence-corrected chi connectivity index (χ0v) is 10.4. The van der Waals surface area contributed by atoms with E-state index in [0.717, 1.165) is 38.4 Å². The first-order valence-electron chi connectivity index (χ1n) is 5.85. The molecule has 1 aromatic heterocycles. The normalized spacial score (nSPS) is 18.5. The summed E-state index contributed by atoms with van der Waals surface area (Å²) < 4.78 is 1.81. The summed E-state index contributed by atoms with van der Waals surface area (Å²) in [5.74, 6) is -0.186. The molecule has 0 aromatic carbocycles. The zero-order valence-electron chi connectivity index (χ0n) is 10.4. The Morgan fingerprint density at radius 3 is 2.53 bits per heavy atom. The maximum atomic E-state index is 11.4. The number of aromatic hydroxyl groups is 1. The van der Waals surface area contributed by atoms with Crippen LogP contribution in [-0.4, -0.2) is 52.7 Å². The highest BCUT2D eigenvalue weighted by molar-refractivity contribution is 5.20. The lowest BCUT2D eigenvalue weighted by molar-refractivity contribution is 0.145. The molecule has 0 bridgehead atoms. The van der Waals surface area contributed by atoms with E-state index >= 15 is 0 Å². The lowest BCUT2D eigenvalue weighted by Crippen LogP contribution is -2.44. The van der Waals surface area contributed by atoms with Crippen LogP contribution in [0.25, 0.3) is 0 Å². The van der Waals surface area contributed by atoms with Crippen molar-refractivity contribution < 1.29 is 5.11 Å². The Hall–Kier alpha value is -1.33. The summed E-state index contributed by atoms with van der Waals surface area (Å²) in [7, 11) is 3.97. The third-order valence-corrected chi connectivity index (χ3v) is 3.30. The van der Waals surface area contributed by atoms with Crippen molar-refractivity contribution in [1.29, 1.82) is 0 Å². The van der Waals surface area contributed by atoms with Crippen LogP contribution >= 0.6 is 0 Å². The van der Waals surface area contributed by atoms with E-state index in [-0.39, 0.29) is 11.2 Å². The van der Waals surface area contributed by atoms with Gasteiger partial charge in [-0.2, -0.15) is 0 Å². The Bertz CT molecular complexity index is 448. The smallest absolute Gasteiger partial charge is 0.223 e. The highest BCUT2D eigenvalue weighted by atomic mass is 16.3. The van der Waals surface area contributed by atoms with Gasteiger partial charge in [-0.25, -0.2) is 0 Å². The first kappa shape index (κ1) is 12.1. The van der Waals surface area contributed by atoms with Gasteiger partial charge in [0.2, 0.25) is 5.43 Å². The lowest BCUT2D eigenvalue weighted by atomic mass is 10.2. The fourth-order valence-electron chi connectivity index (χ4n) is 2.05. The van der Waals surface area contributed by atoms with E-state index in [4.69, 9.17) is 0 Å². The number of aryl methyl sites for hydroxylation is 1. The number of nitrogens with zero attached hydrogens (tertiary/aromatic N) is 3. The van der Waals surface area contributed by atoms with Crippen molar-refractivity contribution in [3.05, 3.63) is 28.2 Å². The molecule has 0 saturated carbocycles. The monoisotopic (exact) mass is 237 g/mol. The molecular formula is C12H19N3O2. The maximum Gasteiger partial charge on any atom is 0.223 e. The van der Waals surface area contributed by atoms with Gasteiger partial charge in [0.15, 0.2) is 5.75 Å². The topological polar surface area (TPSA) is 48.7 Å². The van der Waals surface area contributed by atoms with Crippen LogP contribution in [0.15, 0.2) is 17.1 Å². The van der Waals surface area contributed by atoms with Crippen molar-refractivity contribution >= 4 is 0 Å². The molecule has 2 rings (SSSR count). The number of aromatic nitrogens is 1. The molecule has 1 saturated heterocycles. The van der Waals surface area contributed by atoms with Gasteiger partial charge in [-0.15, -0.1) is 0 Å². The highest BCUT2D eigenvalue weighted by Crippen LogP contribution is 2.08. The second-order valence-corrected chi connectivity index (χ2v) is 4.70. The summed E-state index contributed by atoms with van der Waals surface area (Å²) in [6, 6.07) is 1.52. The van der Waals surface area contributed by atoms with Crippen LogP contribution in [0.2, 0.25) is 0 Å². The maximum absolute atomic E-state index is 11.4. The number of hydrogen-bond acceptors (Lipinski definition) is 4. The Morgan fingerprint density at radius 2 is 1.88 bits per heavy atom. The predicted molar refractivity (Wildman–Crippen MR) is 66.1 cm³/mol. The summed E-state index contributed by atoms with van der Waals surface area (Å²) in [4.78, 5) is 16.0. The lowest BCUT2D eigenvalue weighted by Gasteiger charge is -2.32. The van der Waals surface area contributed by atoms with E-state index in [1.54, 1.807) is 0 Å². The van der Waals surface area contributed by atoms with Crippen LogP contribution in [0.5, 0.6) is 5.75 Å². The third kappa shape index (κ3) is 2.87. The molecule has 1 aliphatic heterocycles. The van der Waals surface area contributed by atoms with E-state index < -0.39 is 0 Å². The van der Waals surface area contributed by atoms with Gasteiger partial charge in [0.25, 0.3) is 0 Å². The van der Waals surface area contributed by atoms with Crippen LogP contribution in [-0.2, 0) is 13.6 Å². The molecular weight excluding hydrogens is 218 g/mol. The van der Waals surface area contributed by atoms with Crippen molar-refractivity contribution in [3.63, 3.8) is 0 Å². The van der Waals surface area contributed by atoms with Gasteiger partial charge in [0, 0.05) is 57.7 Å². The number of pyridine rings is 1. The van der Waals surface area contributed by atoms with Crippen molar-refractivity contribution in [2.75, 3.05) is 33.2 Å². The molecule has 1 fully saturated rings. The summed E-state index contributed by atoms with van der Waals surface area (Å²) in [6.45, 7) is 4.93. The second kappa shape index (κ2) is 4.89. The van der Waals surface area contributed by atoms with E-state index in [9.17, 15) is 9.90 Å². The van der Waals surface area contributed by atoms with Crippen LogP contribution in [0.1, 0.15) is 5.69 Å². The first-order valence-corrected chi connectivity index (χ1v) is 5.85. The molecule has 1 N–H and O–H groups in total. The number of rotatable bonds is 2. The second-order valence-electron chi connectivity index (χ2n) is 4.70. The minimum absolute atomic E-state index is 0.186. The molecule has 0 radical (unpaired) electrons. The quantitative estimate of drug-likeness (QED) is 0.776. The van der Waals surface area contributed by atoms with Gasteiger partial charge in [-0.1, -0.05) is 0 Å². The number of hydrogen-bond donors (Lipinski definition) is 1. The van der Waals surface area contributed by atoms with Crippen molar-refractivity contribution in [1.82, 2.24) is 14.4 Å². The zero-order chi connectivity index (χ0) is 12.4. The molecule has 0 aliphatic carbocycles. The van der Waals surface area contributed by atoms with E-state index in [1.807, 2.05) is 11.6 Å². The van der Waals surface area contributed by atoms with Gasteiger partial charge in [-0.3, -0.25) is 9.69 Å². The van der Waals surface area contributed by atoms with Crippen LogP contribution in [0.4, 0.5) is 0 Å². The van der Waals surface area contributed by atoms with Gasteiger partial charge in [0.05, 0.1) is 0 Å². The molecule has 0 spiro atoms. The predicted octanol–water partition coefficient (Wildman–Crippen LogP) is -0.162. The average Bonchev–Trinajstić information content (AvgIpc) is 2.29. The van der Waals surface area contributed by atoms with Gasteiger partial charge in [-0.05, 0) is 7.05 Å². The summed E-state index contributed by atoms with van der Waals surface area (Å²) in [5, 5.41) is 9.31. The highest BCUT2D eigenvalue weighted by Gasteiger charge is 2.15. The molecule has 0 amide bonds. The number of likely N-dealkylation sites (N-methyl/N-ethyl adjacent to an activating group) is 1. The average molecular weight is 237 g/mol. The fraction of sp³-hybridized carbons (Fsp3) is 0.583. The summed E-state index contributed by atoms with van der Waals surface area (Å²) in [5.41, 5.74) is 0.643. The van der Waals surface area contributed by atoms with Gasteiger partial charge < -0.3 is 14.6 Å². The molecule has 94 valence electrons. The van der Waals surface area contributed by atoms with Crippen LogP contribution in [0.3, 0.4) is 0 Å². The Labute approximate surface area is 101 Å².